The third kappa shape index (κ3) is 6.00. The molecule has 0 aliphatic carbocycles. The molecule has 0 bridgehead atoms. The number of rotatable bonds is 5. The highest BCUT2D eigenvalue weighted by Gasteiger charge is 2.34. The number of hydrogen-bond acceptors (Lipinski definition) is 4. The summed E-state index contributed by atoms with van der Waals surface area (Å²) in [6.07, 6.45) is -4.27. The van der Waals surface area contributed by atoms with E-state index in [4.69, 9.17) is 9.47 Å². The standard InChI is InChI=1S/C27H27F3N2O3/c1-26(2,3)35-25(33)32(15-18-8-5-4-6-9-18)16-23-21-11-7-10-20(22(21)17-34-23)19-12-13-31-24(14-19)27(28,29)30/h4-14,23H,15-17H2,1-3H3. The first kappa shape index (κ1) is 24.7. The van der Waals surface area contributed by atoms with Crippen molar-refractivity contribution in [3.63, 3.8) is 0 Å². The predicted octanol–water partition coefficient (Wildman–Crippen LogP) is 6.78. The molecular weight excluding hydrogens is 457 g/mol. The zero-order chi connectivity index (χ0) is 25.2. The van der Waals surface area contributed by atoms with Crippen LogP contribution in [0.5, 0.6) is 0 Å². The maximum atomic E-state index is 13.2. The number of benzene rings is 2. The van der Waals surface area contributed by atoms with Gasteiger partial charge in [-0.1, -0.05) is 48.5 Å². The fourth-order valence-corrected chi connectivity index (χ4v) is 4.05. The molecule has 8 heteroatoms. The topological polar surface area (TPSA) is 51.7 Å². The van der Waals surface area contributed by atoms with Crippen LogP contribution in [0.4, 0.5) is 18.0 Å². The van der Waals surface area contributed by atoms with Crippen LogP contribution in [0, 0.1) is 0 Å². The summed E-state index contributed by atoms with van der Waals surface area (Å²) in [5.74, 6) is 0. The fraction of sp³-hybridized carbons (Fsp3) is 0.333. The molecule has 0 saturated carbocycles. The molecule has 0 spiro atoms. The third-order valence-corrected chi connectivity index (χ3v) is 5.60. The summed E-state index contributed by atoms with van der Waals surface area (Å²) in [5, 5.41) is 0. The molecule has 0 N–H and O–H groups in total. The number of pyridine rings is 1. The number of aromatic nitrogens is 1. The van der Waals surface area contributed by atoms with Gasteiger partial charge in [0.2, 0.25) is 0 Å². The van der Waals surface area contributed by atoms with Gasteiger partial charge >= 0.3 is 12.3 Å². The lowest BCUT2D eigenvalue weighted by Gasteiger charge is -2.29. The van der Waals surface area contributed by atoms with E-state index in [1.165, 1.54) is 0 Å². The molecule has 2 aromatic carbocycles. The number of carbonyl (C=O) groups is 1. The van der Waals surface area contributed by atoms with Gasteiger partial charge < -0.3 is 14.4 Å². The van der Waals surface area contributed by atoms with Gasteiger partial charge in [-0.05, 0) is 60.7 Å². The normalized spacial score (nSPS) is 15.5. The first-order valence-corrected chi connectivity index (χ1v) is 11.3. The van der Waals surface area contributed by atoms with E-state index in [1.54, 1.807) is 23.1 Å². The van der Waals surface area contributed by atoms with Crippen molar-refractivity contribution in [2.45, 2.75) is 51.8 Å². The molecule has 4 rings (SSSR count). The van der Waals surface area contributed by atoms with E-state index in [0.29, 0.717) is 17.7 Å². The number of hydrogen-bond donors (Lipinski definition) is 0. The quantitative estimate of drug-likeness (QED) is 0.401. The van der Waals surface area contributed by atoms with Crippen LogP contribution >= 0.6 is 0 Å². The Morgan fingerprint density at radius 3 is 2.51 bits per heavy atom. The highest BCUT2D eigenvalue weighted by atomic mass is 19.4. The van der Waals surface area contributed by atoms with Gasteiger partial charge in [-0.3, -0.25) is 4.98 Å². The summed E-state index contributed by atoms with van der Waals surface area (Å²) < 4.78 is 51.3. The van der Waals surface area contributed by atoms with Crippen LogP contribution in [0.15, 0.2) is 66.9 Å². The second-order valence-corrected chi connectivity index (χ2v) is 9.45. The van der Waals surface area contributed by atoms with Crippen molar-refractivity contribution in [3.8, 4) is 11.1 Å². The van der Waals surface area contributed by atoms with Gasteiger partial charge in [0.05, 0.1) is 13.2 Å². The molecule has 1 aliphatic rings. The van der Waals surface area contributed by atoms with Crippen LogP contribution in [0.3, 0.4) is 0 Å². The Balaban J connectivity index is 1.62. The summed E-state index contributed by atoms with van der Waals surface area (Å²) in [5.41, 5.74) is 2.07. The van der Waals surface area contributed by atoms with E-state index in [-0.39, 0.29) is 13.2 Å². The van der Waals surface area contributed by atoms with Gasteiger partial charge in [-0.2, -0.15) is 13.2 Å². The van der Waals surface area contributed by atoms with Gasteiger partial charge in [-0.15, -0.1) is 0 Å². The average molecular weight is 485 g/mol. The molecule has 0 fully saturated rings. The lowest BCUT2D eigenvalue weighted by Crippen LogP contribution is -2.38. The van der Waals surface area contributed by atoms with E-state index >= 15 is 0 Å². The summed E-state index contributed by atoms with van der Waals surface area (Å²) in [6, 6.07) is 17.6. The Morgan fingerprint density at radius 1 is 1.09 bits per heavy atom. The van der Waals surface area contributed by atoms with Crippen molar-refractivity contribution in [2.24, 2.45) is 0 Å². The molecule has 1 atom stereocenters. The highest BCUT2D eigenvalue weighted by Crippen LogP contribution is 2.39. The first-order chi connectivity index (χ1) is 16.5. The maximum absolute atomic E-state index is 13.2. The molecule has 184 valence electrons. The van der Waals surface area contributed by atoms with Crippen molar-refractivity contribution < 1.29 is 27.4 Å². The number of amides is 1. The van der Waals surface area contributed by atoms with Crippen LogP contribution in [-0.2, 0) is 28.8 Å². The summed E-state index contributed by atoms with van der Waals surface area (Å²) >= 11 is 0. The Bertz CT molecular complexity index is 1190. The van der Waals surface area contributed by atoms with Gasteiger partial charge in [-0.25, -0.2) is 4.79 Å². The van der Waals surface area contributed by atoms with Crippen LogP contribution in [0.25, 0.3) is 11.1 Å². The molecule has 1 aliphatic heterocycles. The molecule has 2 heterocycles. The minimum Gasteiger partial charge on any atom is -0.444 e. The van der Waals surface area contributed by atoms with Crippen LogP contribution in [0.2, 0.25) is 0 Å². The van der Waals surface area contributed by atoms with E-state index in [0.717, 1.165) is 29.0 Å². The number of alkyl halides is 3. The molecule has 3 aromatic rings. The Labute approximate surface area is 202 Å². The van der Waals surface area contributed by atoms with Gasteiger partial charge in [0.1, 0.15) is 17.4 Å². The van der Waals surface area contributed by atoms with Crippen LogP contribution in [0.1, 0.15) is 49.3 Å². The lowest BCUT2D eigenvalue weighted by atomic mass is 9.95. The molecular formula is C27H27F3N2O3. The molecule has 0 saturated heterocycles. The van der Waals surface area contributed by atoms with Crippen molar-refractivity contribution in [3.05, 3.63) is 89.2 Å². The largest absolute Gasteiger partial charge is 0.444 e. The smallest absolute Gasteiger partial charge is 0.433 e. The zero-order valence-electron chi connectivity index (χ0n) is 19.8. The minimum absolute atomic E-state index is 0.230. The van der Waals surface area contributed by atoms with E-state index in [1.807, 2.05) is 57.2 Å². The number of carbonyl (C=O) groups excluding carboxylic acids is 1. The van der Waals surface area contributed by atoms with Gasteiger partial charge in [0.15, 0.2) is 0 Å². The molecule has 5 nitrogen and oxygen atoms in total. The minimum atomic E-state index is -4.53. The van der Waals surface area contributed by atoms with Crippen LogP contribution < -0.4 is 0 Å². The first-order valence-electron chi connectivity index (χ1n) is 11.3. The molecule has 1 unspecified atom stereocenters. The highest BCUT2D eigenvalue weighted by molar-refractivity contribution is 5.70. The van der Waals surface area contributed by atoms with Crippen molar-refractivity contribution in [1.82, 2.24) is 9.88 Å². The number of fused-ring (bicyclic) bond motifs is 1. The number of ether oxygens (including phenoxy) is 2. The fourth-order valence-electron chi connectivity index (χ4n) is 4.05. The van der Waals surface area contributed by atoms with Crippen molar-refractivity contribution >= 4 is 6.09 Å². The number of halogens is 3. The number of nitrogens with zero attached hydrogens (tertiary/aromatic N) is 2. The monoisotopic (exact) mass is 484 g/mol. The van der Waals surface area contributed by atoms with E-state index in [9.17, 15) is 18.0 Å². The molecule has 1 amide bonds. The summed E-state index contributed by atoms with van der Waals surface area (Å²) in [6.45, 7) is 6.23. The Morgan fingerprint density at radius 2 is 1.83 bits per heavy atom. The van der Waals surface area contributed by atoms with E-state index < -0.39 is 29.7 Å². The van der Waals surface area contributed by atoms with Crippen molar-refractivity contribution in [2.75, 3.05) is 6.54 Å². The summed E-state index contributed by atoms with van der Waals surface area (Å²) in [7, 11) is 0. The second kappa shape index (κ2) is 9.70. The molecule has 0 radical (unpaired) electrons. The maximum Gasteiger partial charge on any atom is 0.433 e. The van der Waals surface area contributed by atoms with Gasteiger partial charge in [0, 0.05) is 12.7 Å². The lowest BCUT2D eigenvalue weighted by molar-refractivity contribution is -0.141. The molecule has 1 aromatic heterocycles. The van der Waals surface area contributed by atoms with Crippen molar-refractivity contribution in [1.29, 1.82) is 0 Å². The Kier molecular flexibility index (Phi) is 6.85. The summed E-state index contributed by atoms with van der Waals surface area (Å²) in [4.78, 5) is 18.1. The predicted molar refractivity (Wildman–Crippen MR) is 125 cm³/mol. The average Bonchev–Trinajstić information content (AvgIpc) is 3.21. The third-order valence-electron chi connectivity index (χ3n) is 5.60. The Hall–Kier alpha value is -3.39. The van der Waals surface area contributed by atoms with Gasteiger partial charge in [0.25, 0.3) is 0 Å². The SMILES string of the molecule is CC(C)(C)OC(=O)N(Cc1ccccc1)CC1OCc2c(-c3ccnc(C(F)(F)F)c3)cccc21. The molecule has 35 heavy (non-hydrogen) atoms. The van der Waals surface area contributed by atoms with E-state index in [2.05, 4.69) is 4.98 Å². The zero-order valence-corrected chi connectivity index (χ0v) is 19.8. The van der Waals surface area contributed by atoms with Crippen LogP contribution in [-0.4, -0.2) is 28.1 Å². The second-order valence-electron chi connectivity index (χ2n) is 9.45.